The van der Waals surface area contributed by atoms with E-state index in [1.54, 1.807) is 4.90 Å². The zero-order valence-corrected chi connectivity index (χ0v) is 19.2. The summed E-state index contributed by atoms with van der Waals surface area (Å²) in [5.41, 5.74) is 9.66. The summed E-state index contributed by atoms with van der Waals surface area (Å²) >= 11 is 0. The van der Waals surface area contributed by atoms with Crippen molar-refractivity contribution in [2.45, 2.75) is 26.3 Å². The predicted octanol–water partition coefficient (Wildman–Crippen LogP) is 3.14. The maximum Gasteiger partial charge on any atom is 0.223 e. The Kier molecular flexibility index (Phi) is 6.40. The van der Waals surface area contributed by atoms with Gasteiger partial charge >= 0.3 is 0 Å². The van der Waals surface area contributed by atoms with E-state index in [-0.39, 0.29) is 23.7 Å². The van der Waals surface area contributed by atoms with Gasteiger partial charge in [-0.25, -0.2) is 9.97 Å². The van der Waals surface area contributed by atoms with Crippen LogP contribution in [0, 0.1) is 12.8 Å². The molecule has 1 saturated heterocycles. The molecule has 7 nitrogen and oxygen atoms in total. The van der Waals surface area contributed by atoms with Crippen LogP contribution in [0.4, 0.5) is 5.82 Å². The van der Waals surface area contributed by atoms with E-state index in [9.17, 15) is 9.59 Å². The van der Waals surface area contributed by atoms with E-state index in [1.807, 2.05) is 62.5 Å². The summed E-state index contributed by atoms with van der Waals surface area (Å²) in [5.74, 6) is 0.741. The van der Waals surface area contributed by atoms with Gasteiger partial charge in [-0.2, -0.15) is 0 Å². The first kappa shape index (κ1) is 22.5. The van der Waals surface area contributed by atoms with Crippen molar-refractivity contribution in [2.75, 3.05) is 25.0 Å². The molecule has 2 atom stereocenters. The number of hydrogen-bond donors (Lipinski definition) is 1. The highest BCUT2D eigenvalue weighted by Gasteiger charge is 2.38. The Balaban J connectivity index is 1.50. The zero-order chi connectivity index (χ0) is 23.5. The molecule has 0 saturated carbocycles. The minimum absolute atomic E-state index is 0.0305. The second-order valence-corrected chi connectivity index (χ2v) is 8.69. The first-order valence-electron chi connectivity index (χ1n) is 11.1. The molecule has 1 aliphatic heterocycles. The fraction of sp³-hybridized carbons (Fsp3) is 0.308. The number of carbonyl (C=O) groups is 2. The van der Waals surface area contributed by atoms with Crippen molar-refractivity contribution in [1.82, 2.24) is 14.9 Å². The minimum atomic E-state index is -0.360. The summed E-state index contributed by atoms with van der Waals surface area (Å²) in [6.07, 6.45) is 0. The summed E-state index contributed by atoms with van der Waals surface area (Å²) in [4.78, 5) is 36.9. The van der Waals surface area contributed by atoms with Crippen LogP contribution < -0.4 is 10.6 Å². The van der Waals surface area contributed by atoms with Crippen molar-refractivity contribution >= 4 is 17.6 Å². The van der Waals surface area contributed by atoms with Crippen LogP contribution in [0.1, 0.15) is 29.7 Å². The number of nitrogens with zero attached hydrogens (tertiary/aromatic N) is 4. The van der Waals surface area contributed by atoms with Gasteiger partial charge in [-0.05, 0) is 18.1 Å². The molecule has 1 aliphatic rings. The largest absolute Gasteiger partial charge is 0.369 e. The molecule has 0 unspecified atom stereocenters. The number of nitrogens with two attached hydrogens (primary N) is 1. The van der Waals surface area contributed by atoms with Crippen LogP contribution in [0.15, 0.2) is 60.7 Å². The normalized spacial score (nSPS) is 17.7. The van der Waals surface area contributed by atoms with Crippen LogP contribution in [0.3, 0.4) is 0 Å². The monoisotopic (exact) mass is 443 g/mol. The third-order valence-corrected chi connectivity index (χ3v) is 6.22. The van der Waals surface area contributed by atoms with Crippen LogP contribution in [0.5, 0.6) is 0 Å². The van der Waals surface area contributed by atoms with Crippen LogP contribution in [-0.2, 0) is 16.1 Å². The molecule has 3 aromatic rings. The predicted molar refractivity (Wildman–Crippen MR) is 128 cm³/mol. The second-order valence-electron chi connectivity index (χ2n) is 8.69. The lowest BCUT2D eigenvalue weighted by Gasteiger charge is -2.20. The highest BCUT2D eigenvalue weighted by molar-refractivity contribution is 5.81. The van der Waals surface area contributed by atoms with Gasteiger partial charge in [0, 0.05) is 56.8 Å². The number of benzene rings is 2. The number of hydrogen-bond acceptors (Lipinski definition) is 5. The molecule has 2 N–H and O–H groups in total. The number of primary amides is 1. The van der Waals surface area contributed by atoms with E-state index >= 15 is 0 Å². The lowest BCUT2D eigenvalue weighted by atomic mass is 9.88. The Morgan fingerprint density at radius 2 is 1.76 bits per heavy atom. The number of rotatable bonds is 6. The molecular weight excluding hydrogens is 414 g/mol. The summed E-state index contributed by atoms with van der Waals surface area (Å²) in [5, 5.41) is 0. The molecule has 33 heavy (non-hydrogen) atoms. The molecule has 2 heterocycles. The number of aryl methyl sites for hydroxylation is 1. The van der Waals surface area contributed by atoms with Crippen molar-refractivity contribution < 1.29 is 9.59 Å². The first-order valence-corrected chi connectivity index (χ1v) is 11.1. The van der Waals surface area contributed by atoms with Gasteiger partial charge in [-0.1, -0.05) is 54.6 Å². The lowest BCUT2D eigenvalue weighted by molar-refractivity contribution is -0.128. The van der Waals surface area contributed by atoms with Crippen molar-refractivity contribution in [1.29, 1.82) is 0 Å². The Morgan fingerprint density at radius 1 is 1.06 bits per heavy atom. The molecule has 1 fully saturated rings. The highest BCUT2D eigenvalue weighted by atomic mass is 16.2. The average Bonchev–Trinajstić information content (AvgIpc) is 3.26. The third-order valence-electron chi connectivity index (χ3n) is 6.22. The number of likely N-dealkylation sites (tertiary alicyclic amines) is 1. The van der Waals surface area contributed by atoms with E-state index in [0.29, 0.717) is 25.5 Å². The SMILES string of the molecule is CC(=O)N1C[C@H](C(N)=O)[C@@H](c2ccc(CN(C)c3cc(C)nc(-c4ccccc4)n3)cc2)C1. The highest BCUT2D eigenvalue weighted by Crippen LogP contribution is 2.33. The fourth-order valence-electron chi connectivity index (χ4n) is 4.38. The molecule has 0 aliphatic carbocycles. The number of anilines is 1. The molecular formula is C26H29N5O2. The molecule has 0 bridgehead atoms. The average molecular weight is 444 g/mol. The van der Waals surface area contributed by atoms with Crippen LogP contribution in [-0.4, -0.2) is 46.8 Å². The van der Waals surface area contributed by atoms with Crippen molar-refractivity contribution in [2.24, 2.45) is 11.7 Å². The fourth-order valence-corrected chi connectivity index (χ4v) is 4.38. The van der Waals surface area contributed by atoms with Gasteiger partial charge in [-0.3, -0.25) is 9.59 Å². The van der Waals surface area contributed by atoms with E-state index in [1.165, 1.54) is 6.92 Å². The van der Waals surface area contributed by atoms with Gasteiger partial charge < -0.3 is 15.5 Å². The van der Waals surface area contributed by atoms with Gasteiger partial charge in [0.15, 0.2) is 5.82 Å². The number of carbonyl (C=O) groups excluding carboxylic acids is 2. The minimum Gasteiger partial charge on any atom is -0.369 e. The Labute approximate surface area is 194 Å². The maximum atomic E-state index is 11.9. The molecule has 170 valence electrons. The van der Waals surface area contributed by atoms with E-state index in [4.69, 9.17) is 10.7 Å². The quantitative estimate of drug-likeness (QED) is 0.632. The van der Waals surface area contributed by atoms with Gasteiger partial charge in [-0.15, -0.1) is 0 Å². The van der Waals surface area contributed by atoms with Gasteiger partial charge in [0.2, 0.25) is 11.8 Å². The summed E-state index contributed by atoms with van der Waals surface area (Å²) < 4.78 is 0. The van der Waals surface area contributed by atoms with Crippen molar-refractivity contribution in [3.8, 4) is 11.4 Å². The molecule has 1 aromatic heterocycles. The summed E-state index contributed by atoms with van der Waals surface area (Å²) in [6, 6.07) is 20.1. The molecule has 0 spiro atoms. The van der Waals surface area contributed by atoms with Gasteiger partial charge in [0.25, 0.3) is 0 Å². The molecule has 2 aromatic carbocycles. The van der Waals surface area contributed by atoms with Gasteiger partial charge in [0.05, 0.1) is 5.92 Å². The number of amides is 2. The van der Waals surface area contributed by atoms with Gasteiger partial charge in [0.1, 0.15) is 5.82 Å². The number of aromatic nitrogens is 2. The topological polar surface area (TPSA) is 92.4 Å². The molecule has 4 rings (SSSR count). The van der Waals surface area contributed by atoms with Crippen molar-refractivity contribution in [3.05, 3.63) is 77.5 Å². The van der Waals surface area contributed by atoms with Crippen LogP contribution in [0.25, 0.3) is 11.4 Å². The Hall–Kier alpha value is -3.74. The second kappa shape index (κ2) is 9.40. The Bertz CT molecular complexity index is 1150. The molecule has 7 heteroatoms. The van der Waals surface area contributed by atoms with E-state index < -0.39 is 0 Å². The zero-order valence-electron chi connectivity index (χ0n) is 19.2. The molecule has 0 radical (unpaired) electrons. The third kappa shape index (κ3) is 5.03. The van der Waals surface area contributed by atoms with Crippen molar-refractivity contribution in [3.63, 3.8) is 0 Å². The maximum absolute atomic E-state index is 11.9. The van der Waals surface area contributed by atoms with E-state index in [2.05, 4.69) is 22.0 Å². The standard InChI is InChI=1S/C26H29N5O2/c1-17-13-24(29-26(28-17)21-7-5-4-6-8-21)30(3)14-19-9-11-20(12-10-19)22-15-31(18(2)32)16-23(22)25(27)33/h4-13,22-23H,14-16H2,1-3H3,(H2,27,33)/t22-,23+/m1/s1. The van der Waals surface area contributed by atoms with Crippen LogP contribution in [0.2, 0.25) is 0 Å². The van der Waals surface area contributed by atoms with E-state index in [0.717, 1.165) is 28.2 Å². The summed E-state index contributed by atoms with van der Waals surface area (Å²) in [6.45, 7) is 5.08. The smallest absolute Gasteiger partial charge is 0.223 e. The Morgan fingerprint density at radius 3 is 2.39 bits per heavy atom. The lowest BCUT2D eigenvalue weighted by Crippen LogP contribution is -2.30. The molecule has 2 amide bonds. The summed E-state index contributed by atoms with van der Waals surface area (Å²) in [7, 11) is 2.01. The first-order chi connectivity index (χ1) is 15.8. The van der Waals surface area contributed by atoms with Crippen LogP contribution >= 0.6 is 0 Å².